The number of nitrogens with zero attached hydrogens (tertiary/aromatic N) is 1. The molecule has 1 aromatic carbocycles. The summed E-state index contributed by atoms with van der Waals surface area (Å²) in [5.74, 6) is 0.144. The number of nitrogens with two attached hydrogens (primary N) is 1. The molecule has 5 heteroatoms. The van der Waals surface area contributed by atoms with Crippen molar-refractivity contribution in [1.29, 1.82) is 0 Å². The minimum absolute atomic E-state index is 0.144. The van der Waals surface area contributed by atoms with Crippen LogP contribution in [0.4, 0.5) is 5.69 Å². The molecule has 0 aliphatic rings. The number of anilines is 1. The summed E-state index contributed by atoms with van der Waals surface area (Å²) in [5.41, 5.74) is 7.57. The Labute approximate surface area is 127 Å². The zero-order valence-corrected chi connectivity index (χ0v) is 13.0. The zero-order chi connectivity index (χ0) is 15.5. The van der Waals surface area contributed by atoms with Gasteiger partial charge in [0.25, 0.3) is 0 Å². The van der Waals surface area contributed by atoms with Crippen molar-refractivity contribution < 1.29 is 14.3 Å². The number of aryl methyl sites for hydroxylation is 1. The zero-order valence-electron chi connectivity index (χ0n) is 13.0. The third-order valence-electron chi connectivity index (χ3n) is 3.27. The molecule has 1 aromatic rings. The Bertz CT molecular complexity index is 424. The van der Waals surface area contributed by atoms with E-state index < -0.39 is 0 Å². The Morgan fingerprint density at radius 1 is 1.19 bits per heavy atom. The van der Waals surface area contributed by atoms with Gasteiger partial charge in [-0.15, -0.1) is 0 Å². The van der Waals surface area contributed by atoms with Crippen LogP contribution in [0.25, 0.3) is 0 Å². The second-order valence-electron chi connectivity index (χ2n) is 4.96. The van der Waals surface area contributed by atoms with Crippen molar-refractivity contribution in [3.05, 3.63) is 29.8 Å². The molecular formula is C16H26N2O3. The maximum absolute atomic E-state index is 12.3. The number of ether oxygens (including phenoxy) is 2. The van der Waals surface area contributed by atoms with Gasteiger partial charge in [0.2, 0.25) is 5.91 Å². The summed E-state index contributed by atoms with van der Waals surface area (Å²) in [6, 6.07) is 7.67. The van der Waals surface area contributed by atoms with E-state index in [-0.39, 0.29) is 5.91 Å². The van der Waals surface area contributed by atoms with E-state index in [0.29, 0.717) is 39.1 Å². The summed E-state index contributed by atoms with van der Waals surface area (Å²) in [4.78, 5) is 14.1. The summed E-state index contributed by atoms with van der Waals surface area (Å²) < 4.78 is 10.1. The van der Waals surface area contributed by atoms with Crippen LogP contribution in [-0.2, 0) is 20.7 Å². The summed E-state index contributed by atoms with van der Waals surface area (Å²) in [6.45, 7) is 2.53. The third-order valence-corrected chi connectivity index (χ3v) is 3.27. The van der Waals surface area contributed by atoms with Gasteiger partial charge in [0.05, 0.1) is 6.61 Å². The Kier molecular flexibility index (Phi) is 8.47. The van der Waals surface area contributed by atoms with Gasteiger partial charge >= 0.3 is 0 Å². The van der Waals surface area contributed by atoms with Crippen molar-refractivity contribution in [2.24, 2.45) is 0 Å². The smallest absolute Gasteiger partial charge is 0.222 e. The first kappa shape index (κ1) is 17.5. The van der Waals surface area contributed by atoms with E-state index in [0.717, 1.165) is 17.7 Å². The average molecular weight is 294 g/mol. The van der Waals surface area contributed by atoms with Gasteiger partial charge in [0.15, 0.2) is 0 Å². The highest BCUT2D eigenvalue weighted by Gasteiger charge is 2.13. The number of methoxy groups -OCH3 is 2. The van der Waals surface area contributed by atoms with Crippen LogP contribution in [0.1, 0.15) is 18.4 Å². The normalized spacial score (nSPS) is 10.6. The first-order valence-corrected chi connectivity index (χ1v) is 7.27. The molecule has 21 heavy (non-hydrogen) atoms. The first-order chi connectivity index (χ1) is 10.2. The van der Waals surface area contributed by atoms with Crippen molar-refractivity contribution in [3.63, 3.8) is 0 Å². The van der Waals surface area contributed by atoms with Gasteiger partial charge in [0.1, 0.15) is 0 Å². The molecule has 2 N–H and O–H groups in total. The lowest BCUT2D eigenvalue weighted by molar-refractivity contribution is -0.132. The fourth-order valence-electron chi connectivity index (χ4n) is 2.12. The maximum atomic E-state index is 12.3. The van der Waals surface area contributed by atoms with Crippen LogP contribution < -0.4 is 5.73 Å². The van der Waals surface area contributed by atoms with E-state index in [1.54, 1.807) is 14.2 Å². The van der Waals surface area contributed by atoms with E-state index in [4.69, 9.17) is 15.2 Å². The number of rotatable bonds is 10. The topological polar surface area (TPSA) is 64.8 Å². The highest BCUT2D eigenvalue weighted by Crippen LogP contribution is 2.10. The third kappa shape index (κ3) is 7.11. The molecule has 0 aromatic heterocycles. The number of carbonyl (C=O) groups is 1. The SMILES string of the molecule is COCCCN(CCOC)C(=O)CCc1cccc(N)c1. The van der Waals surface area contributed by atoms with Gasteiger partial charge in [-0.3, -0.25) is 4.79 Å². The van der Waals surface area contributed by atoms with E-state index in [1.165, 1.54) is 0 Å². The van der Waals surface area contributed by atoms with Crippen molar-refractivity contribution in [2.45, 2.75) is 19.3 Å². The van der Waals surface area contributed by atoms with Crippen LogP contribution in [0.3, 0.4) is 0 Å². The predicted molar refractivity (Wildman–Crippen MR) is 84.1 cm³/mol. The van der Waals surface area contributed by atoms with Crippen LogP contribution in [0, 0.1) is 0 Å². The summed E-state index contributed by atoms with van der Waals surface area (Å²) in [7, 11) is 3.31. The lowest BCUT2D eigenvalue weighted by Gasteiger charge is -2.22. The molecule has 0 saturated carbocycles. The van der Waals surface area contributed by atoms with Crippen LogP contribution >= 0.6 is 0 Å². The van der Waals surface area contributed by atoms with Gasteiger partial charge in [-0.05, 0) is 30.5 Å². The number of amides is 1. The van der Waals surface area contributed by atoms with Gasteiger partial charge in [-0.2, -0.15) is 0 Å². The molecule has 5 nitrogen and oxygen atoms in total. The minimum atomic E-state index is 0.144. The van der Waals surface area contributed by atoms with E-state index in [1.807, 2.05) is 29.2 Å². The lowest BCUT2D eigenvalue weighted by atomic mass is 10.1. The van der Waals surface area contributed by atoms with Crippen LogP contribution in [0.15, 0.2) is 24.3 Å². The Morgan fingerprint density at radius 3 is 2.62 bits per heavy atom. The molecule has 118 valence electrons. The fourth-order valence-corrected chi connectivity index (χ4v) is 2.12. The number of hydrogen-bond acceptors (Lipinski definition) is 4. The molecular weight excluding hydrogens is 268 g/mol. The minimum Gasteiger partial charge on any atom is -0.399 e. The summed E-state index contributed by atoms with van der Waals surface area (Å²) in [6.07, 6.45) is 2.03. The molecule has 0 saturated heterocycles. The van der Waals surface area contributed by atoms with Crippen molar-refractivity contribution in [1.82, 2.24) is 4.90 Å². The van der Waals surface area contributed by atoms with Crippen molar-refractivity contribution in [3.8, 4) is 0 Å². The van der Waals surface area contributed by atoms with Gasteiger partial charge < -0.3 is 20.1 Å². The molecule has 0 atom stereocenters. The Hall–Kier alpha value is -1.59. The molecule has 0 aliphatic heterocycles. The monoisotopic (exact) mass is 294 g/mol. The molecule has 0 aliphatic carbocycles. The summed E-state index contributed by atoms with van der Waals surface area (Å²) in [5, 5.41) is 0. The lowest BCUT2D eigenvalue weighted by Crippen LogP contribution is -2.35. The largest absolute Gasteiger partial charge is 0.399 e. The number of hydrogen-bond donors (Lipinski definition) is 1. The van der Waals surface area contributed by atoms with Crippen molar-refractivity contribution in [2.75, 3.05) is 46.3 Å². The number of nitrogen functional groups attached to an aromatic ring is 1. The van der Waals surface area contributed by atoms with E-state index in [2.05, 4.69) is 0 Å². The molecule has 1 amide bonds. The Balaban J connectivity index is 2.46. The molecule has 0 bridgehead atoms. The second kappa shape index (κ2) is 10.2. The van der Waals surface area contributed by atoms with E-state index in [9.17, 15) is 4.79 Å². The molecule has 0 heterocycles. The average Bonchev–Trinajstić information content (AvgIpc) is 2.48. The summed E-state index contributed by atoms with van der Waals surface area (Å²) >= 11 is 0. The highest BCUT2D eigenvalue weighted by molar-refractivity contribution is 5.76. The van der Waals surface area contributed by atoms with Gasteiger partial charge in [-0.25, -0.2) is 0 Å². The standard InChI is InChI=1S/C16H26N2O3/c1-20-11-4-9-18(10-12-21-2)16(19)8-7-14-5-3-6-15(17)13-14/h3,5-6,13H,4,7-12,17H2,1-2H3. The maximum Gasteiger partial charge on any atom is 0.222 e. The predicted octanol–water partition coefficient (Wildman–Crippen LogP) is 1.71. The van der Waals surface area contributed by atoms with Crippen LogP contribution in [0.2, 0.25) is 0 Å². The van der Waals surface area contributed by atoms with Crippen molar-refractivity contribution >= 4 is 11.6 Å². The highest BCUT2D eigenvalue weighted by atomic mass is 16.5. The van der Waals surface area contributed by atoms with Crippen LogP contribution in [-0.4, -0.2) is 51.3 Å². The molecule has 0 unspecified atom stereocenters. The fraction of sp³-hybridized carbons (Fsp3) is 0.562. The first-order valence-electron chi connectivity index (χ1n) is 7.27. The quantitative estimate of drug-likeness (QED) is 0.527. The van der Waals surface area contributed by atoms with Crippen LogP contribution in [0.5, 0.6) is 0 Å². The molecule has 0 spiro atoms. The molecule has 0 radical (unpaired) electrons. The Morgan fingerprint density at radius 2 is 1.95 bits per heavy atom. The number of carbonyl (C=O) groups excluding carboxylic acids is 1. The number of benzene rings is 1. The molecule has 0 fully saturated rings. The molecule has 1 rings (SSSR count). The van der Waals surface area contributed by atoms with Gasteiger partial charge in [0, 0.05) is 46.0 Å². The van der Waals surface area contributed by atoms with E-state index >= 15 is 0 Å². The second-order valence-corrected chi connectivity index (χ2v) is 4.96. The van der Waals surface area contributed by atoms with Gasteiger partial charge in [-0.1, -0.05) is 12.1 Å².